The number of piperidine rings is 1. The molecule has 0 bridgehead atoms. The lowest BCUT2D eigenvalue weighted by atomic mass is 9.98. The Balaban J connectivity index is 2.33. The third-order valence-corrected chi connectivity index (χ3v) is 3.85. The third kappa shape index (κ3) is 3.17. The van der Waals surface area contributed by atoms with Gasteiger partial charge in [-0.15, -0.1) is 0 Å². The molecule has 2 rings (SSSR count). The maximum Gasteiger partial charge on any atom is 0.139 e. The minimum absolute atomic E-state index is 0.101. The molecule has 2 heterocycles. The average molecular weight is 275 g/mol. The molecule has 1 aliphatic rings. The van der Waals surface area contributed by atoms with Crippen molar-refractivity contribution in [2.24, 2.45) is 5.92 Å². The van der Waals surface area contributed by atoms with Gasteiger partial charge in [-0.2, -0.15) is 0 Å². The van der Waals surface area contributed by atoms with Crippen LogP contribution in [0.5, 0.6) is 0 Å². The monoisotopic (exact) mass is 275 g/mol. The van der Waals surface area contributed by atoms with Gasteiger partial charge in [0.15, 0.2) is 0 Å². The molecule has 1 aliphatic heterocycles. The molecule has 4 heteroatoms. The predicted molar refractivity (Wildman–Crippen MR) is 81.2 cm³/mol. The van der Waals surface area contributed by atoms with Gasteiger partial charge >= 0.3 is 0 Å². The van der Waals surface area contributed by atoms with Crippen molar-refractivity contribution < 1.29 is 4.79 Å². The van der Waals surface area contributed by atoms with Gasteiger partial charge in [0.25, 0.3) is 0 Å². The molecule has 0 aromatic carbocycles. The Morgan fingerprint density at radius 2 is 1.90 bits per heavy atom. The van der Waals surface area contributed by atoms with Gasteiger partial charge in [-0.25, -0.2) is 9.97 Å². The fourth-order valence-corrected chi connectivity index (χ4v) is 2.41. The van der Waals surface area contributed by atoms with E-state index >= 15 is 0 Å². The maximum atomic E-state index is 11.7. The Morgan fingerprint density at radius 1 is 1.20 bits per heavy atom. The molecule has 1 aromatic heterocycles. The van der Waals surface area contributed by atoms with Crippen LogP contribution in [0, 0.1) is 5.92 Å². The summed E-state index contributed by atoms with van der Waals surface area (Å²) in [5.41, 5.74) is 1.09. The topological polar surface area (TPSA) is 46.1 Å². The van der Waals surface area contributed by atoms with Crippen LogP contribution in [0.4, 0.5) is 5.82 Å². The van der Waals surface area contributed by atoms with Crippen molar-refractivity contribution >= 4 is 11.6 Å². The van der Waals surface area contributed by atoms with Crippen molar-refractivity contribution in [3.05, 3.63) is 17.6 Å². The first-order valence-electron chi connectivity index (χ1n) is 7.55. The van der Waals surface area contributed by atoms with Crippen molar-refractivity contribution in [1.82, 2.24) is 9.97 Å². The average Bonchev–Trinajstić information content (AvgIpc) is 2.41. The van der Waals surface area contributed by atoms with E-state index in [9.17, 15) is 4.79 Å². The van der Waals surface area contributed by atoms with Crippen molar-refractivity contribution in [1.29, 1.82) is 0 Å². The zero-order valence-electron chi connectivity index (χ0n) is 13.2. The molecule has 0 N–H and O–H groups in total. The fourth-order valence-electron chi connectivity index (χ4n) is 2.41. The highest BCUT2D eigenvalue weighted by molar-refractivity contribution is 5.83. The second-order valence-electron chi connectivity index (χ2n) is 6.38. The molecule has 0 saturated carbocycles. The van der Waals surface area contributed by atoms with E-state index in [1.807, 2.05) is 6.92 Å². The second kappa shape index (κ2) is 5.90. The van der Waals surface area contributed by atoms with Crippen LogP contribution in [0.25, 0.3) is 0 Å². The Morgan fingerprint density at radius 3 is 2.45 bits per heavy atom. The summed E-state index contributed by atoms with van der Waals surface area (Å²) in [5, 5.41) is 0. The van der Waals surface area contributed by atoms with Gasteiger partial charge in [-0.05, 0) is 5.92 Å². The first-order valence-corrected chi connectivity index (χ1v) is 7.55. The highest BCUT2D eigenvalue weighted by Gasteiger charge is 2.25. The van der Waals surface area contributed by atoms with Crippen LogP contribution in [0.15, 0.2) is 6.07 Å². The molecule has 0 aliphatic carbocycles. The normalized spacial score (nSPS) is 20.1. The Bertz CT molecular complexity index is 470. The van der Waals surface area contributed by atoms with Crippen LogP contribution >= 0.6 is 0 Å². The lowest BCUT2D eigenvalue weighted by Crippen LogP contribution is -2.40. The van der Waals surface area contributed by atoms with Gasteiger partial charge in [-0.1, -0.05) is 34.6 Å². The lowest BCUT2D eigenvalue weighted by molar-refractivity contribution is -0.122. The van der Waals surface area contributed by atoms with Gasteiger partial charge in [0.2, 0.25) is 0 Å². The van der Waals surface area contributed by atoms with Crippen LogP contribution in [0.2, 0.25) is 0 Å². The summed E-state index contributed by atoms with van der Waals surface area (Å²) in [6.07, 6.45) is 0.624. The summed E-state index contributed by atoms with van der Waals surface area (Å²) >= 11 is 0. The Kier molecular flexibility index (Phi) is 4.41. The predicted octanol–water partition coefficient (Wildman–Crippen LogP) is 3.14. The fraction of sp³-hybridized carbons (Fsp3) is 0.688. The summed E-state index contributed by atoms with van der Waals surface area (Å²) in [6.45, 7) is 12.1. The maximum absolute atomic E-state index is 11.7. The number of carbonyl (C=O) groups is 1. The smallest absolute Gasteiger partial charge is 0.139 e. The number of carbonyl (C=O) groups excluding carboxylic acids is 1. The van der Waals surface area contributed by atoms with Crippen LogP contribution in [-0.2, 0) is 4.79 Å². The van der Waals surface area contributed by atoms with E-state index in [1.165, 1.54) is 0 Å². The van der Waals surface area contributed by atoms with Crippen LogP contribution in [0.3, 0.4) is 0 Å². The molecule has 110 valence electrons. The molecule has 1 aromatic rings. The first kappa shape index (κ1) is 14.9. The van der Waals surface area contributed by atoms with Crippen LogP contribution in [-0.4, -0.2) is 28.8 Å². The van der Waals surface area contributed by atoms with Gasteiger partial charge < -0.3 is 4.90 Å². The minimum atomic E-state index is 0.101. The van der Waals surface area contributed by atoms with E-state index in [4.69, 9.17) is 4.98 Å². The van der Waals surface area contributed by atoms with Gasteiger partial charge in [0.05, 0.1) is 0 Å². The van der Waals surface area contributed by atoms with E-state index < -0.39 is 0 Å². The van der Waals surface area contributed by atoms with Crippen molar-refractivity contribution in [2.45, 2.75) is 52.9 Å². The van der Waals surface area contributed by atoms with Crippen molar-refractivity contribution in [2.75, 3.05) is 18.0 Å². The lowest BCUT2D eigenvalue weighted by Gasteiger charge is -2.31. The number of nitrogens with zero attached hydrogens (tertiary/aromatic N) is 3. The number of aromatic nitrogens is 2. The molecule has 1 unspecified atom stereocenters. The van der Waals surface area contributed by atoms with Crippen LogP contribution in [0.1, 0.15) is 64.4 Å². The summed E-state index contributed by atoms with van der Waals surface area (Å²) in [6, 6.07) is 2.08. The zero-order valence-corrected chi connectivity index (χ0v) is 13.2. The van der Waals surface area contributed by atoms with Gasteiger partial charge in [0.1, 0.15) is 17.4 Å². The highest BCUT2D eigenvalue weighted by Crippen LogP contribution is 2.24. The molecule has 0 radical (unpaired) electrons. The highest BCUT2D eigenvalue weighted by atomic mass is 16.1. The van der Waals surface area contributed by atoms with E-state index in [1.54, 1.807) is 0 Å². The first-order chi connectivity index (χ1) is 9.38. The van der Waals surface area contributed by atoms with Crippen LogP contribution < -0.4 is 4.90 Å². The van der Waals surface area contributed by atoms with Crippen molar-refractivity contribution in [3.8, 4) is 0 Å². The Hall–Kier alpha value is -1.45. The number of hydrogen-bond donors (Lipinski definition) is 0. The second-order valence-corrected chi connectivity index (χ2v) is 6.38. The molecule has 0 spiro atoms. The van der Waals surface area contributed by atoms with Gasteiger partial charge in [-0.3, -0.25) is 4.79 Å². The molecular formula is C16H25N3O. The molecule has 1 saturated heterocycles. The largest absolute Gasteiger partial charge is 0.355 e. The van der Waals surface area contributed by atoms with E-state index in [-0.39, 0.29) is 5.92 Å². The number of ketones is 1. The molecule has 20 heavy (non-hydrogen) atoms. The molecule has 1 fully saturated rings. The number of rotatable bonds is 3. The molecule has 4 nitrogen and oxygen atoms in total. The van der Waals surface area contributed by atoms with Crippen molar-refractivity contribution in [3.63, 3.8) is 0 Å². The quantitative estimate of drug-likeness (QED) is 0.850. The standard InChI is InChI=1S/C16H25N3O/c1-10(2)13-8-15(18-16(17-13)11(3)4)19-7-6-14(20)12(5)9-19/h8,10-12H,6-7,9H2,1-5H3. The number of hydrogen-bond acceptors (Lipinski definition) is 4. The van der Waals surface area contributed by atoms with E-state index in [0.29, 0.717) is 24.0 Å². The summed E-state index contributed by atoms with van der Waals surface area (Å²) < 4.78 is 0. The third-order valence-electron chi connectivity index (χ3n) is 3.85. The summed E-state index contributed by atoms with van der Waals surface area (Å²) in [5.74, 6) is 3.05. The number of anilines is 1. The van der Waals surface area contributed by atoms with Gasteiger partial charge in [0, 0.05) is 43.1 Å². The zero-order chi connectivity index (χ0) is 14.9. The minimum Gasteiger partial charge on any atom is -0.355 e. The SMILES string of the molecule is CC1CN(c2cc(C(C)C)nc(C(C)C)n2)CCC1=O. The summed E-state index contributed by atoms with van der Waals surface area (Å²) in [7, 11) is 0. The number of Topliss-reactive ketones (excluding diaryl/α,β-unsaturated/α-hetero) is 1. The van der Waals surface area contributed by atoms with E-state index in [2.05, 4.69) is 43.6 Å². The van der Waals surface area contributed by atoms with E-state index in [0.717, 1.165) is 30.4 Å². The Labute approximate surface area is 121 Å². The molecular weight excluding hydrogens is 250 g/mol. The summed E-state index contributed by atoms with van der Waals surface area (Å²) in [4.78, 5) is 23.2. The molecule has 1 atom stereocenters. The molecule has 0 amide bonds.